The summed E-state index contributed by atoms with van der Waals surface area (Å²) in [5.41, 5.74) is 5.62. The van der Waals surface area contributed by atoms with Crippen LogP contribution >= 0.6 is 11.8 Å². The molecule has 15 heavy (non-hydrogen) atoms. The van der Waals surface area contributed by atoms with E-state index in [-0.39, 0.29) is 11.3 Å². The van der Waals surface area contributed by atoms with Gasteiger partial charge in [-0.2, -0.15) is 11.8 Å². The molecule has 0 saturated heterocycles. The highest BCUT2D eigenvalue weighted by molar-refractivity contribution is 7.99. The molecule has 3 nitrogen and oxygen atoms in total. The maximum absolute atomic E-state index is 11.6. The molecule has 1 unspecified atom stereocenters. The number of nitrogens with two attached hydrogens (primary N) is 1. The smallest absolute Gasteiger partial charge is 0.237 e. The maximum atomic E-state index is 11.6. The lowest BCUT2D eigenvalue weighted by Crippen LogP contribution is -2.49. The van der Waals surface area contributed by atoms with Gasteiger partial charge in [0, 0.05) is 18.1 Å². The van der Waals surface area contributed by atoms with Crippen molar-refractivity contribution in [3.8, 4) is 0 Å². The van der Waals surface area contributed by atoms with E-state index in [0.29, 0.717) is 6.54 Å². The average molecular weight is 230 g/mol. The third-order valence-corrected chi connectivity index (χ3v) is 2.96. The lowest BCUT2D eigenvalue weighted by Gasteiger charge is -2.25. The fourth-order valence-corrected chi connectivity index (χ4v) is 1.50. The van der Waals surface area contributed by atoms with Crippen molar-refractivity contribution in [1.82, 2.24) is 5.32 Å². The van der Waals surface area contributed by atoms with Crippen LogP contribution in [0.25, 0.3) is 0 Å². The second-order valence-electron chi connectivity index (χ2n) is 4.50. The molecule has 0 heterocycles. The number of carbonyl (C=O) groups is 1. The van der Waals surface area contributed by atoms with Gasteiger partial charge >= 0.3 is 0 Å². The fraction of sp³-hybridized carbons (Fsp3) is 0.727. The Bertz CT molecular complexity index is 211. The van der Waals surface area contributed by atoms with Crippen LogP contribution in [0.3, 0.4) is 0 Å². The van der Waals surface area contributed by atoms with Crippen LogP contribution in [0.5, 0.6) is 0 Å². The zero-order valence-electron chi connectivity index (χ0n) is 9.88. The summed E-state index contributed by atoms with van der Waals surface area (Å²) in [5, 5.41) is 2.83. The minimum absolute atomic E-state index is 0.0679. The highest BCUT2D eigenvalue weighted by atomic mass is 32.2. The Labute approximate surface area is 96.9 Å². The highest BCUT2D eigenvalue weighted by Gasteiger charge is 2.26. The van der Waals surface area contributed by atoms with Crippen molar-refractivity contribution >= 4 is 17.7 Å². The molecule has 0 aromatic carbocycles. The van der Waals surface area contributed by atoms with Crippen molar-refractivity contribution < 1.29 is 4.79 Å². The fourth-order valence-electron chi connectivity index (χ4n) is 0.916. The normalized spacial score (nSPS) is 13.3. The second-order valence-corrected chi connectivity index (χ2v) is 5.65. The van der Waals surface area contributed by atoms with Crippen molar-refractivity contribution in [2.75, 3.05) is 18.1 Å². The molecule has 88 valence electrons. The summed E-state index contributed by atoms with van der Waals surface area (Å²) >= 11 is 1.74. The van der Waals surface area contributed by atoms with Crippen LogP contribution in [-0.4, -0.2) is 30.0 Å². The molecule has 0 fully saturated rings. The van der Waals surface area contributed by atoms with Crippen LogP contribution in [0, 0.1) is 5.41 Å². The standard InChI is InChI=1S/C11H22N2OS/c1-5-7-15-8-6-13-10(14)9(12)11(2,3)4/h5,9H,1,6-8,12H2,2-4H3,(H,13,14). The topological polar surface area (TPSA) is 55.1 Å². The monoisotopic (exact) mass is 230 g/mol. The molecule has 0 aliphatic heterocycles. The van der Waals surface area contributed by atoms with Crippen molar-refractivity contribution in [2.24, 2.45) is 11.1 Å². The Morgan fingerprint density at radius 3 is 2.67 bits per heavy atom. The third kappa shape index (κ3) is 6.57. The van der Waals surface area contributed by atoms with E-state index in [2.05, 4.69) is 11.9 Å². The molecule has 4 heteroatoms. The number of amides is 1. The molecular weight excluding hydrogens is 208 g/mol. The lowest BCUT2D eigenvalue weighted by atomic mass is 9.87. The van der Waals surface area contributed by atoms with E-state index in [4.69, 9.17) is 5.73 Å². The molecule has 0 rings (SSSR count). The summed E-state index contributed by atoms with van der Waals surface area (Å²) in [6, 6.07) is -0.443. The number of thioether (sulfide) groups is 1. The molecular formula is C11H22N2OS. The Hall–Kier alpha value is -0.480. The molecule has 1 amide bonds. The largest absolute Gasteiger partial charge is 0.354 e. The van der Waals surface area contributed by atoms with Crippen LogP contribution in [0.4, 0.5) is 0 Å². The summed E-state index contributed by atoms with van der Waals surface area (Å²) in [4.78, 5) is 11.6. The lowest BCUT2D eigenvalue weighted by molar-refractivity contribution is -0.124. The van der Waals surface area contributed by atoms with Gasteiger partial charge in [-0.15, -0.1) is 6.58 Å². The van der Waals surface area contributed by atoms with E-state index in [9.17, 15) is 4.79 Å². The first kappa shape index (κ1) is 14.5. The van der Waals surface area contributed by atoms with Gasteiger partial charge < -0.3 is 11.1 Å². The number of nitrogens with one attached hydrogen (secondary N) is 1. The quantitative estimate of drug-likeness (QED) is 0.535. The summed E-state index contributed by atoms with van der Waals surface area (Å²) in [5.74, 6) is 1.75. The number of rotatable bonds is 6. The summed E-state index contributed by atoms with van der Waals surface area (Å²) in [6.45, 7) is 10.2. The number of hydrogen-bond donors (Lipinski definition) is 2. The van der Waals surface area contributed by atoms with Crippen LogP contribution in [-0.2, 0) is 4.79 Å². The third-order valence-electron chi connectivity index (χ3n) is 2.00. The van der Waals surface area contributed by atoms with Gasteiger partial charge in [-0.05, 0) is 5.41 Å². The second kappa shape index (κ2) is 6.90. The van der Waals surface area contributed by atoms with Crippen LogP contribution in [0.15, 0.2) is 12.7 Å². The predicted octanol–water partition coefficient (Wildman–Crippen LogP) is 1.40. The highest BCUT2D eigenvalue weighted by Crippen LogP contribution is 2.16. The van der Waals surface area contributed by atoms with Crippen molar-refractivity contribution in [2.45, 2.75) is 26.8 Å². The van der Waals surface area contributed by atoms with Crippen molar-refractivity contribution in [3.05, 3.63) is 12.7 Å². The Morgan fingerprint density at radius 2 is 2.20 bits per heavy atom. The zero-order chi connectivity index (χ0) is 11.9. The Morgan fingerprint density at radius 1 is 1.60 bits per heavy atom. The van der Waals surface area contributed by atoms with Gasteiger partial charge in [0.25, 0.3) is 0 Å². The first-order valence-electron chi connectivity index (χ1n) is 5.11. The van der Waals surface area contributed by atoms with Crippen LogP contribution in [0.1, 0.15) is 20.8 Å². The SMILES string of the molecule is C=CCSCCNC(=O)C(N)C(C)(C)C. The maximum Gasteiger partial charge on any atom is 0.237 e. The van der Waals surface area contributed by atoms with E-state index >= 15 is 0 Å². The van der Waals surface area contributed by atoms with Gasteiger partial charge in [0.1, 0.15) is 0 Å². The van der Waals surface area contributed by atoms with E-state index in [1.807, 2.05) is 26.8 Å². The molecule has 0 aromatic heterocycles. The van der Waals surface area contributed by atoms with Gasteiger partial charge in [0.05, 0.1) is 6.04 Å². The molecule has 0 aromatic rings. The van der Waals surface area contributed by atoms with E-state index in [1.165, 1.54) is 0 Å². The molecule has 0 spiro atoms. The minimum Gasteiger partial charge on any atom is -0.354 e. The molecule has 3 N–H and O–H groups in total. The first-order chi connectivity index (χ1) is 6.89. The number of hydrogen-bond acceptors (Lipinski definition) is 3. The van der Waals surface area contributed by atoms with Gasteiger partial charge in [0.15, 0.2) is 0 Å². The Balaban J connectivity index is 3.70. The van der Waals surface area contributed by atoms with Gasteiger partial charge in [-0.25, -0.2) is 0 Å². The molecule has 0 bridgehead atoms. The molecule has 1 atom stereocenters. The van der Waals surface area contributed by atoms with Gasteiger partial charge in [0.2, 0.25) is 5.91 Å². The van der Waals surface area contributed by atoms with Crippen LogP contribution in [0.2, 0.25) is 0 Å². The van der Waals surface area contributed by atoms with E-state index in [1.54, 1.807) is 11.8 Å². The van der Waals surface area contributed by atoms with E-state index in [0.717, 1.165) is 11.5 Å². The Kier molecular flexibility index (Phi) is 6.68. The molecule has 0 aliphatic carbocycles. The molecule has 0 radical (unpaired) electrons. The van der Waals surface area contributed by atoms with Crippen molar-refractivity contribution in [3.63, 3.8) is 0 Å². The van der Waals surface area contributed by atoms with Crippen molar-refractivity contribution in [1.29, 1.82) is 0 Å². The predicted molar refractivity (Wildman–Crippen MR) is 68.0 cm³/mol. The zero-order valence-corrected chi connectivity index (χ0v) is 10.7. The molecule has 0 saturated carbocycles. The van der Waals surface area contributed by atoms with Crippen LogP contribution < -0.4 is 11.1 Å². The summed E-state index contributed by atoms with van der Waals surface area (Å²) in [7, 11) is 0. The summed E-state index contributed by atoms with van der Waals surface area (Å²) < 4.78 is 0. The van der Waals surface area contributed by atoms with Gasteiger partial charge in [-0.1, -0.05) is 26.8 Å². The average Bonchev–Trinajstić information content (AvgIpc) is 2.14. The first-order valence-corrected chi connectivity index (χ1v) is 6.27. The van der Waals surface area contributed by atoms with Gasteiger partial charge in [-0.3, -0.25) is 4.79 Å². The number of carbonyl (C=O) groups excluding carboxylic acids is 1. The molecule has 0 aliphatic rings. The minimum atomic E-state index is -0.443. The summed E-state index contributed by atoms with van der Waals surface area (Å²) in [6.07, 6.45) is 1.85. The van der Waals surface area contributed by atoms with E-state index < -0.39 is 6.04 Å².